The van der Waals surface area contributed by atoms with E-state index in [-0.39, 0.29) is 9.75 Å². The van der Waals surface area contributed by atoms with Crippen molar-refractivity contribution in [2.75, 3.05) is 5.33 Å². The number of nitro groups is 1. The lowest BCUT2D eigenvalue weighted by Crippen LogP contribution is -2.37. The van der Waals surface area contributed by atoms with Crippen molar-refractivity contribution in [3.63, 3.8) is 0 Å². The van der Waals surface area contributed by atoms with E-state index < -0.39 is 4.45 Å². The second kappa shape index (κ2) is 4.01. The number of nitrogens with zero attached hydrogens (tertiary/aromatic N) is 1. The summed E-state index contributed by atoms with van der Waals surface area (Å²) in [6.45, 7) is 1.51. The van der Waals surface area contributed by atoms with Crippen LogP contribution in [0.1, 0.15) is 6.92 Å². The number of hydrogen-bond donors (Lipinski definition) is 0. The average Bonchev–Trinajstić information content (AvgIpc) is 1.86. The lowest BCUT2D eigenvalue weighted by atomic mass is 10.3. The smallest absolute Gasteiger partial charge is 0.263 e. The quantitative estimate of drug-likeness (QED) is 0.343. The van der Waals surface area contributed by atoms with E-state index in [1.807, 2.05) is 0 Å². The third kappa shape index (κ3) is 2.47. The zero-order valence-corrected chi connectivity index (χ0v) is 9.94. The number of halogens is 3. The number of rotatable bonds is 3. The van der Waals surface area contributed by atoms with E-state index in [9.17, 15) is 10.1 Å². The van der Waals surface area contributed by atoms with E-state index in [1.165, 1.54) is 6.92 Å². The third-order valence-electron chi connectivity index (χ3n) is 1.06. The zero-order chi connectivity index (χ0) is 8.36. The maximum Gasteiger partial charge on any atom is 0.284 e. The molecular formula is C4H6Br3NO2. The lowest BCUT2D eigenvalue weighted by molar-refractivity contribution is -0.528. The normalized spacial score (nSPS) is 19.6. The van der Waals surface area contributed by atoms with Crippen LogP contribution < -0.4 is 0 Å². The minimum atomic E-state index is -1.09. The molecule has 0 fully saturated rings. The maximum atomic E-state index is 10.3. The molecule has 6 heteroatoms. The fraction of sp³-hybridized carbons (Fsp3) is 1.00. The van der Waals surface area contributed by atoms with Crippen LogP contribution in [0.5, 0.6) is 0 Å². The Hall–Kier alpha value is 0.840. The van der Waals surface area contributed by atoms with E-state index >= 15 is 0 Å². The lowest BCUT2D eigenvalue weighted by Gasteiger charge is -2.17. The molecule has 0 aromatic heterocycles. The van der Waals surface area contributed by atoms with Crippen LogP contribution in [0.2, 0.25) is 0 Å². The fourth-order valence-electron chi connectivity index (χ4n) is 0.255. The molecule has 10 heavy (non-hydrogen) atoms. The molecule has 3 nitrogen and oxygen atoms in total. The van der Waals surface area contributed by atoms with Gasteiger partial charge in [0.2, 0.25) is 0 Å². The molecule has 0 saturated carbocycles. The predicted octanol–water partition coefficient (Wildman–Crippen LogP) is 2.53. The monoisotopic (exact) mass is 337 g/mol. The van der Waals surface area contributed by atoms with Gasteiger partial charge in [-0.3, -0.25) is 10.1 Å². The molecule has 2 atom stereocenters. The van der Waals surface area contributed by atoms with Gasteiger partial charge < -0.3 is 0 Å². The summed E-state index contributed by atoms with van der Waals surface area (Å²) in [4.78, 5) is 9.75. The first-order valence-electron chi connectivity index (χ1n) is 2.46. The largest absolute Gasteiger partial charge is 0.284 e. The van der Waals surface area contributed by atoms with Gasteiger partial charge in [-0.05, 0) is 0 Å². The number of hydrogen-bond acceptors (Lipinski definition) is 2. The standard InChI is InChI=1S/C4H6Br3NO2/c1-4(7,8(9)10)3(6)2-5/h3H,2H2,1H3. The Morgan fingerprint density at radius 1 is 1.80 bits per heavy atom. The Labute approximate surface area is 84.1 Å². The zero-order valence-electron chi connectivity index (χ0n) is 5.18. The first-order valence-corrected chi connectivity index (χ1v) is 5.29. The molecule has 0 spiro atoms. The summed E-state index contributed by atoms with van der Waals surface area (Å²) in [6, 6.07) is 0. The molecule has 0 bridgehead atoms. The summed E-state index contributed by atoms with van der Waals surface area (Å²) >= 11 is 9.30. The van der Waals surface area contributed by atoms with Gasteiger partial charge in [-0.25, -0.2) is 0 Å². The van der Waals surface area contributed by atoms with Gasteiger partial charge in [0, 0.05) is 33.1 Å². The van der Waals surface area contributed by atoms with Crippen LogP contribution in [0.3, 0.4) is 0 Å². The molecule has 0 radical (unpaired) electrons. The highest BCUT2D eigenvalue weighted by Gasteiger charge is 2.40. The van der Waals surface area contributed by atoms with Crippen molar-refractivity contribution in [2.24, 2.45) is 0 Å². The van der Waals surface area contributed by atoms with Crippen LogP contribution in [0.25, 0.3) is 0 Å². The average molecular weight is 340 g/mol. The van der Waals surface area contributed by atoms with Crippen molar-refractivity contribution in [3.8, 4) is 0 Å². The SMILES string of the molecule is CC(Br)(C(Br)CBr)[N+](=O)[O-]. The molecule has 0 N–H and O–H groups in total. The van der Waals surface area contributed by atoms with Crippen molar-refractivity contribution in [1.29, 1.82) is 0 Å². The highest BCUT2D eigenvalue weighted by molar-refractivity contribution is 9.13. The topological polar surface area (TPSA) is 43.1 Å². The van der Waals surface area contributed by atoms with Gasteiger partial charge in [-0.2, -0.15) is 0 Å². The Morgan fingerprint density at radius 2 is 2.20 bits per heavy atom. The van der Waals surface area contributed by atoms with Crippen LogP contribution >= 0.6 is 47.8 Å². The summed E-state index contributed by atoms with van der Waals surface area (Å²) in [6.07, 6.45) is 0. The van der Waals surface area contributed by atoms with Crippen LogP contribution in [0.4, 0.5) is 0 Å². The Morgan fingerprint density at radius 3 is 2.30 bits per heavy atom. The molecule has 0 rings (SSSR count). The molecule has 0 aliphatic heterocycles. The van der Waals surface area contributed by atoms with Crippen LogP contribution in [-0.4, -0.2) is 19.5 Å². The molecule has 0 heterocycles. The molecule has 0 aliphatic rings. The van der Waals surface area contributed by atoms with Crippen LogP contribution in [0.15, 0.2) is 0 Å². The van der Waals surface area contributed by atoms with Crippen molar-refractivity contribution in [2.45, 2.75) is 16.2 Å². The van der Waals surface area contributed by atoms with Crippen LogP contribution in [0, 0.1) is 10.1 Å². The maximum absolute atomic E-state index is 10.3. The Kier molecular flexibility index (Phi) is 4.35. The van der Waals surface area contributed by atoms with Crippen molar-refractivity contribution < 1.29 is 4.92 Å². The van der Waals surface area contributed by atoms with Gasteiger partial charge in [-0.15, -0.1) is 0 Å². The molecular weight excluding hydrogens is 334 g/mol. The Bertz CT molecular complexity index is 138. The molecule has 60 valence electrons. The first-order chi connectivity index (χ1) is 4.42. The summed E-state index contributed by atoms with van der Waals surface area (Å²) in [5.41, 5.74) is 0. The van der Waals surface area contributed by atoms with Crippen molar-refractivity contribution in [1.82, 2.24) is 0 Å². The van der Waals surface area contributed by atoms with Gasteiger partial charge >= 0.3 is 0 Å². The molecule has 0 saturated heterocycles. The molecule has 0 amide bonds. The molecule has 0 aromatic rings. The van der Waals surface area contributed by atoms with Gasteiger partial charge in [0.05, 0.1) is 0 Å². The van der Waals surface area contributed by atoms with Gasteiger partial charge in [0.15, 0.2) is 0 Å². The Balaban J connectivity index is 4.23. The van der Waals surface area contributed by atoms with E-state index in [0.717, 1.165) is 0 Å². The summed E-state index contributed by atoms with van der Waals surface area (Å²) in [5.74, 6) is 0. The van der Waals surface area contributed by atoms with E-state index in [1.54, 1.807) is 0 Å². The minimum Gasteiger partial charge on any atom is -0.263 e. The third-order valence-corrected chi connectivity index (χ3v) is 5.25. The second-order valence-corrected chi connectivity index (χ2v) is 5.26. The summed E-state index contributed by atoms with van der Waals surface area (Å²) < 4.78 is -1.09. The highest BCUT2D eigenvalue weighted by atomic mass is 79.9. The van der Waals surface area contributed by atoms with Crippen molar-refractivity contribution >= 4 is 47.8 Å². The van der Waals surface area contributed by atoms with Gasteiger partial charge in [0.25, 0.3) is 4.45 Å². The molecule has 0 aliphatic carbocycles. The highest BCUT2D eigenvalue weighted by Crippen LogP contribution is 2.29. The fourth-order valence-corrected chi connectivity index (χ4v) is 1.65. The van der Waals surface area contributed by atoms with Gasteiger partial charge in [0.1, 0.15) is 4.83 Å². The minimum absolute atomic E-state index is 0.213. The molecule has 2 unspecified atom stereocenters. The predicted molar refractivity (Wildman–Crippen MR) is 50.8 cm³/mol. The first kappa shape index (κ1) is 10.8. The summed E-state index contributed by atoms with van der Waals surface area (Å²) in [7, 11) is 0. The van der Waals surface area contributed by atoms with E-state index in [0.29, 0.717) is 5.33 Å². The number of alkyl halides is 3. The second-order valence-electron chi connectivity index (χ2n) is 1.90. The van der Waals surface area contributed by atoms with Crippen LogP contribution in [-0.2, 0) is 0 Å². The van der Waals surface area contributed by atoms with E-state index in [2.05, 4.69) is 47.8 Å². The van der Waals surface area contributed by atoms with Gasteiger partial charge in [-0.1, -0.05) is 31.9 Å². The summed E-state index contributed by atoms with van der Waals surface area (Å²) in [5, 5.41) is 10.9. The van der Waals surface area contributed by atoms with Crippen molar-refractivity contribution in [3.05, 3.63) is 10.1 Å². The molecule has 0 aromatic carbocycles. The van der Waals surface area contributed by atoms with E-state index in [4.69, 9.17) is 0 Å².